The molecule has 0 fully saturated rings. The Kier molecular flexibility index (Phi) is 4.26. The molecule has 2 rings (SSSR count). The van der Waals surface area contributed by atoms with Crippen molar-refractivity contribution in [2.45, 2.75) is 26.3 Å². The summed E-state index contributed by atoms with van der Waals surface area (Å²) in [4.78, 5) is 12.2. The Balaban J connectivity index is 2.59. The highest BCUT2D eigenvalue weighted by Crippen LogP contribution is 2.22. The monoisotopic (exact) mass is 276 g/mol. The standard InChI is InChI=1S/C18H16N2O/c1-4-11-20-17(10-9-16(12-19)18(20)21)15-7-5-14(6-8-15)13(2)3/h1,5-10,13H,11H2,2-3H3. The van der Waals surface area contributed by atoms with E-state index >= 15 is 0 Å². The molecule has 2 aromatic rings. The van der Waals surface area contributed by atoms with Crippen molar-refractivity contribution in [1.82, 2.24) is 4.57 Å². The lowest BCUT2D eigenvalue weighted by atomic mass is 10.0. The smallest absolute Gasteiger partial charge is 0.269 e. The first-order valence-electron chi connectivity index (χ1n) is 6.76. The van der Waals surface area contributed by atoms with Crippen LogP contribution in [0.5, 0.6) is 0 Å². The van der Waals surface area contributed by atoms with Gasteiger partial charge in [0.2, 0.25) is 0 Å². The van der Waals surface area contributed by atoms with Gasteiger partial charge in [0.1, 0.15) is 11.6 Å². The second-order valence-electron chi connectivity index (χ2n) is 5.12. The van der Waals surface area contributed by atoms with Gasteiger partial charge < -0.3 is 0 Å². The minimum Gasteiger partial charge on any atom is -0.296 e. The molecule has 3 heteroatoms. The lowest BCUT2D eigenvalue weighted by Crippen LogP contribution is -2.23. The van der Waals surface area contributed by atoms with Crippen LogP contribution in [0.1, 0.15) is 30.9 Å². The molecule has 0 amide bonds. The number of hydrogen-bond acceptors (Lipinski definition) is 2. The van der Waals surface area contributed by atoms with E-state index in [0.29, 0.717) is 5.92 Å². The molecule has 0 saturated heterocycles. The molecule has 0 saturated carbocycles. The summed E-state index contributed by atoms with van der Waals surface area (Å²) in [6.45, 7) is 4.41. The largest absolute Gasteiger partial charge is 0.296 e. The van der Waals surface area contributed by atoms with Gasteiger partial charge in [0, 0.05) is 0 Å². The Morgan fingerprint density at radius 1 is 1.19 bits per heavy atom. The zero-order valence-corrected chi connectivity index (χ0v) is 12.1. The van der Waals surface area contributed by atoms with Gasteiger partial charge in [-0.05, 0) is 29.2 Å². The number of hydrogen-bond donors (Lipinski definition) is 0. The van der Waals surface area contributed by atoms with Crippen LogP contribution in [-0.4, -0.2) is 4.57 Å². The molecule has 0 N–H and O–H groups in total. The van der Waals surface area contributed by atoms with Crippen LogP contribution < -0.4 is 5.56 Å². The van der Waals surface area contributed by atoms with E-state index < -0.39 is 0 Å². The van der Waals surface area contributed by atoms with Gasteiger partial charge in [-0.3, -0.25) is 9.36 Å². The Morgan fingerprint density at radius 3 is 2.38 bits per heavy atom. The first-order chi connectivity index (χ1) is 10.1. The number of nitrogens with zero attached hydrogens (tertiary/aromatic N) is 2. The summed E-state index contributed by atoms with van der Waals surface area (Å²) in [6.07, 6.45) is 5.34. The van der Waals surface area contributed by atoms with E-state index in [0.717, 1.165) is 11.3 Å². The van der Waals surface area contributed by atoms with Crippen molar-refractivity contribution in [2.75, 3.05) is 0 Å². The third-order valence-corrected chi connectivity index (χ3v) is 3.42. The molecule has 0 aliphatic rings. The lowest BCUT2D eigenvalue weighted by molar-refractivity contribution is 0.802. The van der Waals surface area contributed by atoms with E-state index in [1.54, 1.807) is 12.1 Å². The van der Waals surface area contributed by atoms with Crippen LogP contribution in [0.15, 0.2) is 41.2 Å². The third-order valence-electron chi connectivity index (χ3n) is 3.42. The van der Waals surface area contributed by atoms with Crippen molar-refractivity contribution in [2.24, 2.45) is 0 Å². The number of terminal acetylenes is 1. The van der Waals surface area contributed by atoms with Gasteiger partial charge in [-0.15, -0.1) is 6.42 Å². The fourth-order valence-corrected chi connectivity index (χ4v) is 2.20. The number of benzene rings is 1. The maximum absolute atomic E-state index is 12.2. The topological polar surface area (TPSA) is 45.8 Å². The van der Waals surface area contributed by atoms with Gasteiger partial charge in [-0.25, -0.2) is 0 Å². The number of pyridine rings is 1. The molecule has 104 valence electrons. The first kappa shape index (κ1) is 14.6. The van der Waals surface area contributed by atoms with Crippen LogP contribution >= 0.6 is 0 Å². The van der Waals surface area contributed by atoms with Gasteiger partial charge in [-0.1, -0.05) is 44.0 Å². The van der Waals surface area contributed by atoms with E-state index in [1.807, 2.05) is 30.3 Å². The van der Waals surface area contributed by atoms with Crippen LogP contribution in [0, 0.1) is 23.7 Å². The summed E-state index contributed by atoms with van der Waals surface area (Å²) in [7, 11) is 0. The van der Waals surface area contributed by atoms with Crippen LogP contribution in [0.3, 0.4) is 0 Å². The fraction of sp³-hybridized carbons (Fsp3) is 0.222. The Bertz CT molecular complexity index is 784. The van der Waals surface area contributed by atoms with Crippen molar-refractivity contribution >= 4 is 0 Å². The molecule has 0 aliphatic heterocycles. The van der Waals surface area contributed by atoms with Gasteiger partial charge >= 0.3 is 0 Å². The Morgan fingerprint density at radius 2 is 1.86 bits per heavy atom. The average Bonchev–Trinajstić information content (AvgIpc) is 2.49. The minimum absolute atomic E-state index is 0.104. The lowest BCUT2D eigenvalue weighted by Gasteiger charge is -2.12. The molecule has 3 nitrogen and oxygen atoms in total. The predicted octanol–water partition coefficient (Wildman–Crippen LogP) is 3.14. The van der Waals surface area contributed by atoms with Crippen molar-refractivity contribution in [1.29, 1.82) is 5.26 Å². The predicted molar refractivity (Wildman–Crippen MR) is 83.8 cm³/mol. The van der Waals surface area contributed by atoms with E-state index in [1.165, 1.54) is 10.1 Å². The zero-order chi connectivity index (χ0) is 15.4. The summed E-state index contributed by atoms with van der Waals surface area (Å²) < 4.78 is 1.46. The summed E-state index contributed by atoms with van der Waals surface area (Å²) in [5.74, 6) is 2.92. The van der Waals surface area contributed by atoms with Crippen molar-refractivity contribution in [3.63, 3.8) is 0 Å². The average molecular weight is 276 g/mol. The molecular formula is C18H16N2O. The van der Waals surface area contributed by atoms with Gasteiger partial charge in [0.05, 0.1) is 12.2 Å². The molecule has 1 heterocycles. The van der Waals surface area contributed by atoms with Crippen LogP contribution in [0.4, 0.5) is 0 Å². The van der Waals surface area contributed by atoms with Crippen LogP contribution in [-0.2, 0) is 6.54 Å². The maximum atomic E-state index is 12.2. The highest BCUT2D eigenvalue weighted by Gasteiger charge is 2.10. The molecule has 1 aromatic carbocycles. The number of nitriles is 1. The third kappa shape index (κ3) is 2.88. The molecular weight excluding hydrogens is 260 g/mol. The molecule has 0 unspecified atom stereocenters. The van der Waals surface area contributed by atoms with E-state index in [2.05, 4.69) is 19.8 Å². The van der Waals surface area contributed by atoms with Crippen LogP contribution in [0.25, 0.3) is 11.3 Å². The van der Waals surface area contributed by atoms with Crippen LogP contribution in [0.2, 0.25) is 0 Å². The fourth-order valence-electron chi connectivity index (χ4n) is 2.20. The van der Waals surface area contributed by atoms with Crippen molar-refractivity contribution < 1.29 is 0 Å². The summed E-state index contributed by atoms with van der Waals surface area (Å²) in [5, 5.41) is 8.96. The summed E-state index contributed by atoms with van der Waals surface area (Å²) >= 11 is 0. The van der Waals surface area contributed by atoms with Gasteiger partial charge in [0.25, 0.3) is 5.56 Å². The molecule has 0 atom stereocenters. The van der Waals surface area contributed by atoms with Gasteiger partial charge in [0.15, 0.2) is 0 Å². The molecule has 0 radical (unpaired) electrons. The van der Waals surface area contributed by atoms with Crippen molar-refractivity contribution in [3.8, 4) is 29.7 Å². The molecule has 1 aromatic heterocycles. The highest BCUT2D eigenvalue weighted by atomic mass is 16.1. The Hall–Kier alpha value is -2.78. The van der Waals surface area contributed by atoms with E-state index in [-0.39, 0.29) is 17.7 Å². The van der Waals surface area contributed by atoms with Gasteiger partial charge in [-0.2, -0.15) is 5.26 Å². The normalized spacial score (nSPS) is 10.1. The quantitative estimate of drug-likeness (QED) is 0.808. The molecule has 0 spiro atoms. The van der Waals surface area contributed by atoms with Crippen molar-refractivity contribution in [3.05, 3.63) is 57.9 Å². The SMILES string of the molecule is C#CCn1c(-c2ccc(C(C)C)cc2)ccc(C#N)c1=O. The Labute approximate surface area is 124 Å². The second-order valence-corrected chi connectivity index (χ2v) is 5.12. The number of rotatable bonds is 3. The van der Waals surface area contributed by atoms with E-state index in [4.69, 9.17) is 11.7 Å². The zero-order valence-electron chi connectivity index (χ0n) is 12.1. The summed E-state index contributed by atoms with van der Waals surface area (Å²) in [5.41, 5.74) is 2.63. The molecule has 21 heavy (non-hydrogen) atoms. The maximum Gasteiger partial charge on any atom is 0.269 e. The minimum atomic E-state index is -0.346. The first-order valence-corrected chi connectivity index (χ1v) is 6.76. The second kappa shape index (κ2) is 6.11. The molecule has 0 aliphatic carbocycles. The number of aromatic nitrogens is 1. The highest BCUT2D eigenvalue weighted by molar-refractivity contribution is 5.61. The summed E-state index contributed by atoms with van der Waals surface area (Å²) in [6, 6.07) is 13.2. The van der Waals surface area contributed by atoms with E-state index in [9.17, 15) is 4.79 Å². The molecule has 0 bridgehead atoms.